The van der Waals surface area contributed by atoms with Gasteiger partial charge in [0.15, 0.2) is 0 Å². The molecular weight excluding hydrogens is 308 g/mol. The maximum absolute atomic E-state index is 6.46. The molecule has 2 heterocycles. The first-order chi connectivity index (χ1) is 11.1. The molecule has 0 atom stereocenters. The van der Waals surface area contributed by atoms with Crippen molar-refractivity contribution in [2.45, 2.75) is 32.2 Å². The van der Waals surface area contributed by atoms with E-state index in [4.69, 9.17) is 17.3 Å². The van der Waals surface area contributed by atoms with Crippen molar-refractivity contribution in [3.8, 4) is 0 Å². The van der Waals surface area contributed by atoms with Gasteiger partial charge in [-0.3, -0.25) is 4.90 Å². The van der Waals surface area contributed by atoms with E-state index in [0.717, 1.165) is 41.9 Å². The third-order valence-electron chi connectivity index (χ3n) is 5.45. The van der Waals surface area contributed by atoms with Crippen LogP contribution in [-0.4, -0.2) is 62.2 Å². The third kappa shape index (κ3) is 3.76. The Kier molecular flexibility index (Phi) is 5.34. The van der Waals surface area contributed by atoms with Gasteiger partial charge in [-0.15, -0.1) is 0 Å². The fourth-order valence-corrected chi connectivity index (χ4v) is 4.12. The fourth-order valence-electron chi connectivity index (χ4n) is 3.83. The van der Waals surface area contributed by atoms with Crippen LogP contribution in [0.4, 0.5) is 11.4 Å². The fraction of sp³-hybridized carbons (Fsp3) is 0.667. The maximum Gasteiger partial charge on any atom is 0.0660 e. The Bertz CT molecular complexity index is 532. The lowest BCUT2D eigenvalue weighted by Gasteiger charge is -2.42. The van der Waals surface area contributed by atoms with E-state index >= 15 is 0 Å². The molecule has 23 heavy (non-hydrogen) atoms. The first-order valence-corrected chi connectivity index (χ1v) is 9.21. The van der Waals surface area contributed by atoms with E-state index in [1.807, 2.05) is 6.07 Å². The number of anilines is 2. The zero-order valence-corrected chi connectivity index (χ0v) is 15.1. The molecule has 2 aliphatic rings. The van der Waals surface area contributed by atoms with Gasteiger partial charge >= 0.3 is 0 Å². The van der Waals surface area contributed by atoms with Crippen molar-refractivity contribution in [1.29, 1.82) is 0 Å². The van der Waals surface area contributed by atoms with Gasteiger partial charge in [0.05, 0.1) is 10.7 Å². The molecule has 0 spiro atoms. The predicted octanol–water partition coefficient (Wildman–Crippen LogP) is 2.70. The minimum atomic E-state index is 0.734. The molecule has 2 N–H and O–H groups in total. The average molecular weight is 337 g/mol. The monoisotopic (exact) mass is 336 g/mol. The van der Waals surface area contributed by atoms with Crippen LogP contribution >= 0.6 is 11.6 Å². The van der Waals surface area contributed by atoms with E-state index in [-0.39, 0.29) is 0 Å². The Morgan fingerprint density at radius 2 is 1.74 bits per heavy atom. The Morgan fingerprint density at radius 1 is 1.09 bits per heavy atom. The van der Waals surface area contributed by atoms with Crippen LogP contribution in [0.25, 0.3) is 0 Å². The Hall–Kier alpha value is -0.970. The summed E-state index contributed by atoms with van der Waals surface area (Å²) in [5, 5.41) is 0.790. The van der Waals surface area contributed by atoms with Crippen LogP contribution in [0.5, 0.6) is 0 Å². The van der Waals surface area contributed by atoms with Crippen molar-refractivity contribution < 1.29 is 0 Å². The van der Waals surface area contributed by atoms with Crippen molar-refractivity contribution in [3.63, 3.8) is 0 Å². The SMILES string of the molecule is CCc1cc(N2CCC(N3CCN(C)CC3)CC2)c(Cl)cc1N. The third-order valence-corrected chi connectivity index (χ3v) is 5.75. The summed E-state index contributed by atoms with van der Waals surface area (Å²) in [5.74, 6) is 0. The van der Waals surface area contributed by atoms with Gasteiger partial charge in [-0.05, 0) is 44.0 Å². The number of nitrogens with two attached hydrogens (primary N) is 1. The van der Waals surface area contributed by atoms with Crippen molar-refractivity contribution in [1.82, 2.24) is 9.80 Å². The number of nitrogen functional groups attached to an aromatic ring is 1. The number of hydrogen-bond donors (Lipinski definition) is 1. The predicted molar refractivity (Wildman–Crippen MR) is 99.5 cm³/mol. The van der Waals surface area contributed by atoms with E-state index in [1.165, 1.54) is 44.6 Å². The number of nitrogens with zero attached hydrogens (tertiary/aromatic N) is 3. The lowest BCUT2D eigenvalue weighted by atomic mass is 10.0. The molecule has 2 saturated heterocycles. The summed E-state index contributed by atoms with van der Waals surface area (Å²) in [6.07, 6.45) is 3.41. The minimum absolute atomic E-state index is 0.734. The molecule has 128 valence electrons. The van der Waals surface area contributed by atoms with Crippen LogP contribution in [-0.2, 0) is 6.42 Å². The lowest BCUT2D eigenvalue weighted by molar-refractivity contribution is 0.0982. The number of halogens is 1. The average Bonchev–Trinajstić information content (AvgIpc) is 2.56. The first-order valence-electron chi connectivity index (χ1n) is 8.84. The van der Waals surface area contributed by atoms with E-state index in [1.54, 1.807) is 0 Å². The largest absolute Gasteiger partial charge is 0.398 e. The molecule has 3 rings (SSSR count). The van der Waals surface area contributed by atoms with E-state index in [2.05, 4.69) is 34.7 Å². The van der Waals surface area contributed by atoms with E-state index in [9.17, 15) is 0 Å². The van der Waals surface area contributed by atoms with Crippen LogP contribution in [0.3, 0.4) is 0 Å². The van der Waals surface area contributed by atoms with Crippen molar-refractivity contribution in [2.24, 2.45) is 0 Å². The molecule has 2 aliphatic heterocycles. The highest BCUT2D eigenvalue weighted by atomic mass is 35.5. The maximum atomic E-state index is 6.46. The molecule has 4 nitrogen and oxygen atoms in total. The van der Waals surface area contributed by atoms with Crippen molar-refractivity contribution in [2.75, 3.05) is 56.9 Å². The second-order valence-corrected chi connectivity index (χ2v) is 7.32. The molecule has 0 saturated carbocycles. The van der Waals surface area contributed by atoms with Gasteiger partial charge in [-0.2, -0.15) is 0 Å². The first kappa shape index (κ1) is 16.9. The molecule has 2 fully saturated rings. The van der Waals surface area contributed by atoms with Gasteiger partial charge < -0.3 is 15.5 Å². The van der Waals surface area contributed by atoms with Crippen LogP contribution in [0.1, 0.15) is 25.3 Å². The van der Waals surface area contributed by atoms with Gasteiger partial charge in [-0.1, -0.05) is 18.5 Å². The Labute approximate surface area is 145 Å². The summed E-state index contributed by atoms with van der Waals surface area (Å²) in [7, 11) is 2.22. The topological polar surface area (TPSA) is 35.7 Å². The molecule has 0 radical (unpaired) electrons. The summed E-state index contributed by atoms with van der Waals surface area (Å²) in [5.41, 5.74) is 9.22. The highest BCUT2D eigenvalue weighted by Gasteiger charge is 2.27. The number of hydrogen-bond acceptors (Lipinski definition) is 4. The van der Waals surface area contributed by atoms with Crippen LogP contribution < -0.4 is 10.6 Å². The zero-order chi connectivity index (χ0) is 16.4. The molecule has 1 aromatic rings. The van der Waals surface area contributed by atoms with Gasteiger partial charge in [0, 0.05) is 51.0 Å². The van der Waals surface area contributed by atoms with Gasteiger partial charge in [0.25, 0.3) is 0 Å². The minimum Gasteiger partial charge on any atom is -0.398 e. The molecule has 0 unspecified atom stereocenters. The number of likely N-dealkylation sites (N-methyl/N-ethyl adjacent to an activating group) is 1. The molecule has 1 aromatic carbocycles. The smallest absolute Gasteiger partial charge is 0.0660 e. The Balaban J connectivity index is 1.63. The van der Waals surface area contributed by atoms with E-state index in [0.29, 0.717) is 0 Å². The normalized spacial score (nSPS) is 21.8. The number of aryl methyl sites for hydroxylation is 1. The number of rotatable bonds is 3. The van der Waals surface area contributed by atoms with Gasteiger partial charge in [0.1, 0.15) is 0 Å². The molecule has 0 aromatic heterocycles. The molecule has 0 aliphatic carbocycles. The van der Waals surface area contributed by atoms with Crippen LogP contribution in [0, 0.1) is 0 Å². The highest BCUT2D eigenvalue weighted by Crippen LogP contribution is 2.33. The van der Waals surface area contributed by atoms with Crippen molar-refractivity contribution in [3.05, 3.63) is 22.7 Å². The van der Waals surface area contributed by atoms with Crippen LogP contribution in [0.2, 0.25) is 5.02 Å². The molecular formula is C18H29ClN4. The summed E-state index contributed by atoms with van der Waals surface area (Å²) in [6, 6.07) is 4.84. The van der Waals surface area contributed by atoms with Crippen molar-refractivity contribution >= 4 is 23.0 Å². The second kappa shape index (κ2) is 7.29. The van der Waals surface area contributed by atoms with Crippen LogP contribution in [0.15, 0.2) is 12.1 Å². The summed E-state index contributed by atoms with van der Waals surface area (Å²) in [6.45, 7) is 9.14. The highest BCUT2D eigenvalue weighted by molar-refractivity contribution is 6.33. The summed E-state index contributed by atoms with van der Waals surface area (Å²) >= 11 is 6.46. The number of piperidine rings is 1. The standard InChI is InChI=1S/C18H29ClN4/c1-3-14-12-18(16(19)13-17(14)20)23-6-4-15(5-7-23)22-10-8-21(2)9-11-22/h12-13,15H,3-11,20H2,1-2H3. The Morgan fingerprint density at radius 3 is 2.35 bits per heavy atom. The second-order valence-electron chi connectivity index (χ2n) is 6.91. The van der Waals surface area contributed by atoms with Gasteiger partial charge in [0.2, 0.25) is 0 Å². The molecule has 5 heteroatoms. The van der Waals surface area contributed by atoms with Gasteiger partial charge in [-0.25, -0.2) is 0 Å². The number of benzene rings is 1. The lowest BCUT2D eigenvalue weighted by Crippen LogP contribution is -2.52. The number of piperazine rings is 1. The molecule has 0 amide bonds. The van der Waals surface area contributed by atoms with E-state index < -0.39 is 0 Å². The molecule has 0 bridgehead atoms. The zero-order valence-electron chi connectivity index (χ0n) is 14.4. The summed E-state index contributed by atoms with van der Waals surface area (Å²) in [4.78, 5) is 7.54. The quantitative estimate of drug-likeness (QED) is 0.861. The summed E-state index contributed by atoms with van der Waals surface area (Å²) < 4.78 is 0.